The summed E-state index contributed by atoms with van der Waals surface area (Å²) in [4.78, 5) is 30.4. The average molecular weight is 425 g/mol. The molecule has 2 aromatic carbocycles. The van der Waals surface area contributed by atoms with Gasteiger partial charge in [-0.15, -0.1) is 0 Å². The zero-order chi connectivity index (χ0) is 22.2. The van der Waals surface area contributed by atoms with Gasteiger partial charge in [0.1, 0.15) is 17.2 Å². The van der Waals surface area contributed by atoms with E-state index in [1.165, 1.54) is 0 Å². The highest BCUT2D eigenvalue weighted by Crippen LogP contribution is 2.29. The molecule has 0 unspecified atom stereocenters. The summed E-state index contributed by atoms with van der Waals surface area (Å²) in [5.41, 5.74) is 5.04. The van der Waals surface area contributed by atoms with Crippen LogP contribution in [0.2, 0.25) is 0 Å². The Balaban J connectivity index is 1.46. The van der Waals surface area contributed by atoms with E-state index in [-0.39, 0.29) is 18.0 Å². The van der Waals surface area contributed by atoms with Crippen LogP contribution < -0.4 is 11.0 Å². The molecule has 0 radical (unpaired) electrons. The molecule has 160 valence electrons. The second-order valence-corrected chi connectivity index (χ2v) is 7.89. The first-order chi connectivity index (χ1) is 15.5. The Morgan fingerprint density at radius 3 is 2.50 bits per heavy atom. The summed E-state index contributed by atoms with van der Waals surface area (Å²) in [6.07, 6.45) is 2.08. The van der Waals surface area contributed by atoms with E-state index in [0.29, 0.717) is 18.1 Å². The van der Waals surface area contributed by atoms with Crippen LogP contribution in [0.5, 0.6) is 0 Å². The number of carbonyl (C=O) groups excluding carboxylic acids is 1. The monoisotopic (exact) mass is 425 g/mol. The van der Waals surface area contributed by atoms with Crippen molar-refractivity contribution < 1.29 is 4.79 Å². The number of amides is 1. The van der Waals surface area contributed by atoms with Crippen molar-refractivity contribution in [3.05, 3.63) is 89.0 Å². The summed E-state index contributed by atoms with van der Waals surface area (Å²) in [6, 6.07) is 21.3. The Morgan fingerprint density at radius 2 is 1.72 bits per heavy atom. The number of nitrogens with zero attached hydrogens (tertiary/aromatic N) is 4. The SMILES string of the molecule is Cc1ccn2c(NC(=O)CCn3c(=O)n(C)c4ccccc43)c(-c3ccccc3)nc2c1. The summed E-state index contributed by atoms with van der Waals surface area (Å²) in [7, 11) is 1.74. The third-order valence-electron chi connectivity index (χ3n) is 5.70. The number of anilines is 1. The quantitative estimate of drug-likeness (QED) is 0.463. The van der Waals surface area contributed by atoms with Gasteiger partial charge in [0.05, 0.1) is 11.0 Å². The van der Waals surface area contributed by atoms with Crippen LogP contribution in [-0.4, -0.2) is 24.4 Å². The minimum atomic E-state index is -0.176. The molecule has 3 aromatic heterocycles. The predicted octanol–water partition coefficient (Wildman–Crippen LogP) is 3.99. The molecule has 0 spiro atoms. The highest BCUT2D eigenvalue weighted by Gasteiger charge is 2.17. The lowest BCUT2D eigenvalue weighted by molar-refractivity contribution is -0.116. The number of carbonyl (C=O) groups is 1. The Labute approximate surface area is 184 Å². The fraction of sp³-hybridized carbons (Fsp3) is 0.160. The standard InChI is InChI=1S/C25H23N5O2/c1-17-12-14-30-21(16-17)26-23(18-8-4-3-5-9-18)24(30)27-22(31)13-15-29-20-11-7-6-10-19(20)28(2)25(29)32/h3-12,14,16H,13,15H2,1-2H3,(H,27,31). The lowest BCUT2D eigenvalue weighted by Crippen LogP contribution is -2.24. The van der Waals surface area contributed by atoms with Gasteiger partial charge in [-0.1, -0.05) is 42.5 Å². The molecular formula is C25H23N5O2. The summed E-state index contributed by atoms with van der Waals surface area (Å²) in [5.74, 6) is 0.450. The van der Waals surface area contributed by atoms with Crippen LogP contribution in [0.4, 0.5) is 5.82 Å². The largest absolute Gasteiger partial charge is 0.328 e. The molecule has 5 rings (SSSR count). The molecule has 0 saturated heterocycles. The van der Waals surface area contributed by atoms with E-state index in [4.69, 9.17) is 4.98 Å². The highest BCUT2D eigenvalue weighted by atomic mass is 16.2. The van der Waals surface area contributed by atoms with E-state index < -0.39 is 0 Å². The Morgan fingerprint density at radius 1 is 1.00 bits per heavy atom. The summed E-state index contributed by atoms with van der Waals surface area (Å²) in [6.45, 7) is 2.31. The van der Waals surface area contributed by atoms with Gasteiger partial charge in [0.15, 0.2) is 0 Å². The van der Waals surface area contributed by atoms with Gasteiger partial charge in [-0.05, 0) is 36.8 Å². The molecular weight excluding hydrogens is 402 g/mol. The van der Waals surface area contributed by atoms with Crippen molar-refractivity contribution in [2.45, 2.75) is 19.9 Å². The lowest BCUT2D eigenvalue weighted by Gasteiger charge is -2.09. The molecule has 0 aliphatic heterocycles. The Bertz CT molecular complexity index is 1510. The topological polar surface area (TPSA) is 73.3 Å². The van der Waals surface area contributed by atoms with Crippen molar-refractivity contribution in [3.8, 4) is 11.3 Å². The van der Waals surface area contributed by atoms with Crippen LogP contribution in [0, 0.1) is 6.92 Å². The smallest absolute Gasteiger partial charge is 0.310 e. The van der Waals surface area contributed by atoms with E-state index >= 15 is 0 Å². The van der Waals surface area contributed by atoms with Crippen molar-refractivity contribution in [2.24, 2.45) is 7.05 Å². The number of rotatable bonds is 5. The minimum absolute atomic E-state index is 0.130. The van der Waals surface area contributed by atoms with Gasteiger partial charge in [-0.3, -0.25) is 18.3 Å². The summed E-state index contributed by atoms with van der Waals surface area (Å²) >= 11 is 0. The van der Waals surface area contributed by atoms with E-state index in [1.807, 2.05) is 84.3 Å². The van der Waals surface area contributed by atoms with Gasteiger partial charge < -0.3 is 5.32 Å². The number of imidazole rings is 2. The molecule has 0 aliphatic rings. The maximum absolute atomic E-state index is 13.0. The summed E-state index contributed by atoms with van der Waals surface area (Å²) in [5, 5.41) is 3.04. The van der Waals surface area contributed by atoms with Gasteiger partial charge in [-0.25, -0.2) is 9.78 Å². The number of fused-ring (bicyclic) bond motifs is 2. The Kier molecular flexibility index (Phi) is 4.86. The molecule has 32 heavy (non-hydrogen) atoms. The van der Waals surface area contributed by atoms with E-state index in [0.717, 1.165) is 27.8 Å². The van der Waals surface area contributed by atoms with Crippen molar-refractivity contribution in [1.29, 1.82) is 0 Å². The van der Waals surface area contributed by atoms with Gasteiger partial charge >= 0.3 is 5.69 Å². The molecule has 7 nitrogen and oxygen atoms in total. The van der Waals surface area contributed by atoms with Crippen LogP contribution in [-0.2, 0) is 18.4 Å². The summed E-state index contributed by atoms with van der Waals surface area (Å²) < 4.78 is 5.13. The number of benzene rings is 2. The zero-order valence-corrected chi connectivity index (χ0v) is 17.9. The van der Waals surface area contributed by atoms with Crippen LogP contribution in [0.3, 0.4) is 0 Å². The molecule has 1 N–H and O–H groups in total. The number of pyridine rings is 1. The number of para-hydroxylation sites is 2. The second-order valence-electron chi connectivity index (χ2n) is 7.89. The lowest BCUT2D eigenvalue weighted by atomic mass is 10.1. The minimum Gasteiger partial charge on any atom is -0.310 e. The van der Waals surface area contributed by atoms with Gasteiger partial charge in [0.2, 0.25) is 5.91 Å². The first kappa shape index (κ1) is 19.8. The molecule has 0 saturated carbocycles. The van der Waals surface area contributed by atoms with Crippen LogP contribution >= 0.6 is 0 Å². The predicted molar refractivity (Wildman–Crippen MR) is 126 cm³/mol. The molecule has 3 heterocycles. The molecule has 0 atom stereocenters. The van der Waals surface area contributed by atoms with Crippen LogP contribution in [0.25, 0.3) is 27.9 Å². The van der Waals surface area contributed by atoms with Crippen molar-refractivity contribution in [3.63, 3.8) is 0 Å². The molecule has 1 amide bonds. The van der Waals surface area contributed by atoms with Gasteiger partial charge in [-0.2, -0.15) is 0 Å². The van der Waals surface area contributed by atoms with Crippen molar-refractivity contribution >= 4 is 28.4 Å². The van der Waals surface area contributed by atoms with Crippen LogP contribution in [0.1, 0.15) is 12.0 Å². The number of aromatic nitrogens is 4. The first-order valence-corrected chi connectivity index (χ1v) is 10.5. The molecule has 7 heteroatoms. The first-order valence-electron chi connectivity index (χ1n) is 10.5. The fourth-order valence-corrected chi connectivity index (χ4v) is 4.05. The normalized spacial score (nSPS) is 11.3. The van der Waals surface area contributed by atoms with Crippen molar-refractivity contribution in [2.75, 3.05) is 5.32 Å². The van der Waals surface area contributed by atoms with Gasteiger partial charge in [0.25, 0.3) is 0 Å². The third kappa shape index (κ3) is 3.37. The maximum Gasteiger partial charge on any atom is 0.328 e. The van der Waals surface area contributed by atoms with Crippen molar-refractivity contribution in [1.82, 2.24) is 18.5 Å². The highest BCUT2D eigenvalue weighted by molar-refractivity contribution is 5.94. The van der Waals surface area contributed by atoms with E-state index in [9.17, 15) is 9.59 Å². The maximum atomic E-state index is 13.0. The van der Waals surface area contributed by atoms with E-state index in [1.54, 1.807) is 16.2 Å². The zero-order valence-electron chi connectivity index (χ0n) is 17.9. The molecule has 0 bridgehead atoms. The third-order valence-corrected chi connectivity index (χ3v) is 5.70. The number of hydrogen-bond acceptors (Lipinski definition) is 3. The average Bonchev–Trinajstić information content (AvgIpc) is 3.27. The fourth-order valence-electron chi connectivity index (χ4n) is 4.05. The van der Waals surface area contributed by atoms with Gasteiger partial charge in [0, 0.05) is 31.8 Å². The van der Waals surface area contributed by atoms with Crippen LogP contribution in [0.15, 0.2) is 77.7 Å². The van der Waals surface area contributed by atoms with E-state index in [2.05, 4.69) is 5.32 Å². The number of aryl methyl sites for hydroxylation is 3. The number of hydrogen-bond donors (Lipinski definition) is 1. The Hall–Kier alpha value is -4.13. The second kappa shape index (κ2) is 7.85. The molecule has 5 aromatic rings. The molecule has 0 fully saturated rings. The molecule has 0 aliphatic carbocycles. The number of nitrogens with one attached hydrogen (secondary N) is 1.